The number of para-hydroxylation sites is 4. The zero-order valence-corrected chi connectivity index (χ0v) is 24.1. The molecule has 2 heteroatoms. The van der Waals surface area contributed by atoms with Gasteiger partial charge in [0.05, 0.1) is 16.7 Å². The summed E-state index contributed by atoms with van der Waals surface area (Å²) >= 11 is 0. The van der Waals surface area contributed by atoms with E-state index in [1.807, 2.05) is 12.1 Å². The van der Waals surface area contributed by atoms with Crippen molar-refractivity contribution in [3.63, 3.8) is 0 Å². The molecule has 0 amide bonds. The summed E-state index contributed by atoms with van der Waals surface area (Å²) in [7, 11) is 0. The summed E-state index contributed by atoms with van der Waals surface area (Å²) in [4.78, 5) is 0. The maximum Gasteiger partial charge on any atom is 0.143 e. The van der Waals surface area contributed by atoms with Crippen LogP contribution in [0.5, 0.6) is 0 Å². The van der Waals surface area contributed by atoms with E-state index in [-0.39, 0.29) is 5.41 Å². The van der Waals surface area contributed by atoms with Gasteiger partial charge in [-0.1, -0.05) is 124 Å². The van der Waals surface area contributed by atoms with E-state index in [2.05, 4.69) is 147 Å². The molecule has 0 fully saturated rings. The normalized spacial score (nSPS) is 12.2. The molecule has 42 heavy (non-hydrogen) atoms. The van der Waals surface area contributed by atoms with Crippen molar-refractivity contribution in [3.05, 3.63) is 139 Å². The first-order chi connectivity index (χ1) is 20.5. The smallest absolute Gasteiger partial charge is 0.143 e. The molecule has 0 saturated heterocycles. The lowest BCUT2D eigenvalue weighted by Gasteiger charge is -2.20. The molecular weight excluding hydrogens is 510 g/mol. The standard InChI is InChI=1S/C40H31NO/c1-40(2,3)28-22-19-26(20-23-28)29-11-4-7-16-35(29)41-36-17-8-5-12-31(36)34-25-27(21-24-37(34)41)30-14-10-15-33-32-13-6-9-18-38(32)42-39(30)33/h4-25H,1-3H3. The fraction of sp³-hybridized carbons (Fsp3) is 0.100. The number of hydrogen-bond donors (Lipinski definition) is 0. The molecule has 0 N–H and O–H groups in total. The van der Waals surface area contributed by atoms with E-state index in [0.717, 1.165) is 33.1 Å². The molecule has 0 aliphatic carbocycles. The SMILES string of the molecule is CC(C)(C)c1ccc(-c2ccccc2-n2c3ccccc3c3cc(-c4cccc5c4oc4ccccc45)ccc32)cc1. The largest absolute Gasteiger partial charge is 0.455 e. The molecule has 202 valence electrons. The Morgan fingerprint density at radius 2 is 1.14 bits per heavy atom. The van der Waals surface area contributed by atoms with E-state index < -0.39 is 0 Å². The lowest BCUT2D eigenvalue weighted by Crippen LogP contribution is -2.10. The number of furan rings is 1. The van der Waals surface area contributed by atoms with Crippen LogP contribution >= 0.6 is 0 Å². The summed E-state index contributed by atoms with van der Waals surface area (Å²) in [6.07, 6.45) is 0. The zero-order chi connectivity index (χ0) is 28.4. The molecule has 0 aliphatic heterocycles. The zero-order valence-electron chi connectivity index (χ0n) is 24.1. The Balaban J connectivity index is 1.34. The lowest BCUT2D eigenvalue weighted by atomic mass is 9.86. The molecule has 2 heterocycles. The van der Waals surface area contributed by atoms with Crippen molar-refractivity contribution in [3.8, 4) is 27.9 Å². The minimum absolute atomic E-state index is 0.120. The average Bonchev–Trinajstić information content (AvgIpc) is 3.56. The van der Waals surface area contributed by atoms with Crippen molar-refractivity contribution in [2.75, 3.05) is 0 Å². The van der Waals surface area contributed by atoms with Crippen LogP contribution in [-0.4, -0.2) is 4.57 Å². The maximum atomic E-state index is 6.40. The Morgan fingerprint density at radius 3 is 1.98 bits per heavy atom. The molecule has 0 radical (unpaired) electrons. The van der Waals surface area contributed by atoms with Crippen LogP contribution in [0.25, 0.3) is 71.7 Å². The molecule has 8 aromatic rings. The number of nitrogens with zero attached hydrogens (tertiary/aromatic N) is 1. The quantitative estimate of drug-likeness (QED) is 0.217. The topological polar surface area (TPSA) is 18.1 Å². The van der Waals surface area contributed by atoms with Gasteiger partial charge in [0.1, 0.15) is 11.2 Å². The van der Waals surface area contributed by atoms with E-state index in [4.69, 9.17) is 4.42 Å². The average molecular weight is 542 g/mol. The van der Waals surface area contributed by atoms with Crippen LogP contribution in [0.2, 0.25) is 0 Å². The Hall–Kier alpha value is -5.08. The van der Waals surface area contributed by atoms with E-state index in [9.17, 15) is 0 Å². The van der Waals surface area contributed by atoms with Crippen LogP contribution in [0.4, 0.5) is 0 Å². The first-order valence-corrected chi connectivity index (χ1v) is 14.6. The third kappa shape index (κ3) is 3.79. The van der Waals surface area contributed by atoms with Crippen LogP contribution in [0.15, 0.2) is 138 Å². The van der Waals surface area contributed by atoms with E-state index in [1.54, 1.807) is 0 Å². The van der Waals surface area contributed by atoms with Crippen molar-refractivity contribution in [2.45, 2.75) is 26.2 Å². The molecule has 0 aliphatic rings. The van der Waals surface area contributed by atoms with Crippen LogP contribution in [-0.2, 0) is 5.41 Å². The number of aromatic nitrogens is 1. The van der Waals surface area contributed by atoms with Gasteiger partial charge in [-0.3, -0.25) is 0 Å². The number of rotatable bonds is 3. The Bertz CT molecular complexity index is 2270. The van der Waals surface area contributed by atoms with Crippen molar-refractivity contribution >= 4 is 43.7 Å². The van der Waals surface area contributed by atoms with Gasteiger partial charge in [0.15, 0.2) is 0 Å². The lowest BCUT2D eigenvalue weighted by molar-refractivity contribution is 0.590. The van der Waals surface area contributed by atoms with Crippen LogP contribution in [0.1, 0.15) is 26.3 Å². The molecule has 8 rings (SSSR count). The van der Waals surface area contributed by atoms with Crippen molar-refractivity contribution in [1.29, 1.82) is 0 Å². The summed E-state index contributed by atoms with van der Waals surface area (Å²) in [6.45, 7) is 6.78. The van der Waals surface area contributed by atoms with Crippen molar-refractivity contribution < 1.29 is 4.42 Å². The Labute approximate surface area is 245 Å². The predicted octanol–water partition coefficient (Wildman–Crippen LogP) is 11.3. The minimum Gasteiger partial charge on any atom is -0.455 e. The first-order valence-electron chi connectivity index (χ1n) is 14.6. The fourth-order valence-corrected chi connectivity index (χ4v) is 6.44. The summed E-state index contributed by atoms with van der Waals surface area (Å²) < 4.78 is 8.82. The summed E-state index contributed by atoms with van der Waals surface area (Å²) in [5, 5.41) is 4.77. The van der Waals surface area contributed by atoms with E-state index in [1.165, 1.54) is 44.2 Å². The highest BCUT2D eigenvalue weighted by Gasteiger charge is 2.19. The molecule has 0 unspecified atom stereocenters. The van der Waals surface area contributed by atoms with Crippen LogP contribution in [0, 0.1) is 0 Å². The minimum atomic E-state index is 0.120. The van der Waals surface area contributed by atoms with Gasteiger partial charge < -0.3 is 8.98 Å². The highest BCUT2D eigenvalue weighted by molar-refractivity contribution is 6.13. The van der Waals surface area contributed by atoms with Gasteiger partial charge >= 0.3 is 0 Å². The van der Waals surface area contributed by atoms with E-state index in [0.29, 0.717) is 0 Å². The van der Waals surface area contributed by atoms with Crippen LogP contribution < -0.4 is 0 Å². The molecule has 0 saturated carbocycles. The van der Waals surface area contributed by atoms with Gasteiger partial charge in [0.25, 0.3) is 0 Å². The van der Waals surface area contributed by atoms with Crippen molar-refractivity contribution in [1.82, 2.24) is 4.57 Å². The summed E-state index contributed by atoms with van der Waals surface area (Å²) in [5.74, 6) is 0. The second kappa shape index (κ2) is 9.22. The van der Waals surface area contributed by atoms with Gasteiger partial charge in [0.2, 0.25) is 0 Å². The molecule has 6 aromatic carbocycles. The highest BCUT2D eigenvalue weighted by atomic mass is 16.3. The number of fused-ring (bicyclic) bond motifs is 6. The third-order valence-corrected chi connectivity index (χ3v) is 8.59. The Morgan fingerprint density at radius 1 is 0.500 bits per heavy atom. The summed E-state index contributed by atoms with van der Waals surface area (Å²) in [6, 6.07) is 48.1. The third-order valence-electron chi connectivity index (χ3n) is 8.59. The fourth-order valence-electron chi connectivity index (χ4n) is 6.44. The predicted molar refractivity (Wildman–Crippen MR) is 178 cm³/mol. The van der Waals surface area contributed by atoms with E-state index >= 15 is 0 Å². The van der Waals surface area contributed by atoms with Gasteiger partial charge in [-0.05, 0) is 52.4 Å². The van der Waals surface area contributed by atoms with Gasteiger partial charge in [-0.2, -0.15) is 0 Å². The molecule has 2 nitrogen and oxygen atoms in total. The second-order valence-corrected chi connectivity index (χ2v) is 12.2. The van der Waals surface area contributed by atoms with Crippen molar-refractivity contribution in [2.24, 2.45) is 0 Å². The first kappa shape index (κ1) is 24.7. The molecule has 0 spiro atoms. The maximum absolute atomic E-state index is 6.40. The monoisotopic (exact) mass is 541 g/mol. The molecule has 0 bridgehead atoms. The molecular formula is C40H31NO. The highest BCUT2D eigenvalue weighted by Crippen LogP contribution is 2.40. The number of hydrogen-bond acceptors (Lipinski definition) is 1. The number of benzene rings is 6. The summed E-state index contributed by atoms with van der Waals surface area (Å²) in [5.41, 5.74) is 11.6. The Kier molecular flexibility index (Phi) is 5.42. The van der Waals surface area contributed by atoms with Gasteiger partial charge in [0, 0.05) is 32.7 Å². The molecule has 2 aromatic heterocycles. The molecule has 0 atom stereocenters. The van der Waals surface area contributed by atoms with Gasteiger partial charge in [-0.15, -0.1) is 0 Å². The van der Waals surface area contributed by atoms with Gasteiger partial charge in [-0.25, -0.2) is 0 Å². The second-order valence-electron chi connectivity index (χ2n) is 12.2. The van der Waals surface area contributed by atoms with Crippen LogP contribution in [0.3, 0.4) is 0 Å².